The van der Waals surface area contributed by atoms with Gasteiger partial charge in [0, 0.05) is 19.7 Å². The minimum Gasteiger partial charge on any atom is -0.379 e. The molecule has 0 spiro atoms. The highest BCUT2D eigenvalue weighted by molar-refractivity contribution is 5.81. The fourth-order valence-electron chi connectivity index (χ4n) is 1.78. The molecule has 4 nitrogen and oxygen atoms in total. The summed E-state index contributed by atoms with van der Waals surface area (Å²) in [7, 11) is 1.71. The molecular weight excluding hydrogens is 216 g/mol. The second-order valence-electron chi connectivity index (χ2n) is 5.25. The standard InChI is InChI=1S/C13H28N2O2/c1-7-8-14-12(16)11(3)15-10(2)9-13(4,5)17-6/h10-11,15H,7-9H2,1-6H3,(H,14,16). The predicted molar refractivity (Wildman–Crippen MR) is 71.1 cm³/mol. The van der Waals surface area contributed by atoms with Crippen LogP contribution in [0.3, 0.4) is 0 Å². The van der Waals surface area contributed by atoms with E-state index < -0.39 is 0 Å². The fraction of sp³-hybridized carbons (Fsp3) is 0.923. The summed E-state index contributed by atoms with van der Waals surface area (Å²) < 4.78 is 5.37. The first-order valence-corrected chi connectivity index (χ1v) is 6.41. The van der Waals surface area contributed by atoms with Crippen molar-refractivity contribution in [2.75, 3.05) is 13.7 Å². The van der Waals surface area contributed by atoms with Crippen LogP contribution in [0.1, 0.15) is 47.5 Å². The molecule has 2 N–H and O–H groups in total. The van der Waals surface area contributed by atoms with Gasteiger partial charge in [0.15, 0.2) is 0 Å². The minimum atomic E-state index is -0.163. The maximum Gasteiger partial charge on any atom is 0.236 e. The molecule has 4 heteroatoms. The Bertz CT molecular complexity index is 229. The summed E-state index contributed by atoms with van der Waals surface area (Å²) in [5.74, 6) is 0.0638. The Kier molecular flexibility index (Phi) is 7.39. The van der Waals surface area contributed by atoms with E-state index in [1.165, 1.54) is 0 Å². The molecular formula is C13H28N2O2. The van der Waals surface area contributed by atoms with Gasteiger partial charge in [-0.15, -0.1) is 0 Å². The van der Waals surface area contributed by atoms with Crippen molar-refractivity contribution in [3.63, 3.8) is 0 Å². The summed E-state index contributed by atoms with van der Waals surface area (Å²) >= 11 is 0. The van der Waals surface area contributed by atoms with Crippen LogP contribution in [-0.4, -0.2) is 37.2 Å². The molecule has 0 aliphatic rings. The number of rotatable bonds is 8. The first-order chi connectivity index (χ1) is 7.82. The van der Waals surface area contributed by atoms with Crippen LogP contribution in [-0.2, 0) is 9.53 Å². The molecule has 2 unspecified atom stereocenters. The van der Waals surface area contributed by atoms with Crippen LogP contribution in [0.2, 0.25) is 0 Å². The van der Waals surface area contributed by atoms with Crippen LogP contribution < -0.4 is 10.6 Å². The Morgan fingerprint density at radius 1 is 1.35 bits per heavy atom. The monoisotopic (exact) mass is 244 g/mol. The molecule has 0 radical (unpaired) electrons. The van der Waals surface area contributed by atoms with Gasteiger partial charge in [-0.2, -0.15) is 0 Å². The van der Waals surface area contributed by atoms with Crippen molar-refractivity contribution in [2.45, 2.75) is 65.1 Å². The van der Waals surface area contributed by atoms with Crippen LogP contribution in [0.15, 0.2) is 0 Å². The smallest absolute Gasteiger partial charge is 0.236 e. The predicted octanol–water partition coefficient (Wildman–Crippen LogP) is 1.69. The zero-order chi connectivity index (χ0) is 13.5. The van der Waals surface area contributed by atoms with E-state index in [4.69, 9.17) is 4.74 Å². The van der Waals surface area contributed by atoms with Gasteiger partial charge in [0.2, 0.25) is 5.91 Å². The molecule has 0 saturated heterocycles. The zero-order valence-corrected chi connectivity index (χ0v) is 12.1. The molecule has 0 fully saturated rings. The molecule has 2 atom stereocenters. The number of hydrogen-bond donors (Lipinski definition) is 2. The molecule has 0 aromatic carbocycles. The van der Waals surface area contributed by atoms with E-state index in [1.54, 1.807) is 7.11 Å². The summed E-state index contributed by atoms with van der Waals surface area (Å²) in [6, 6.07) is 0.0801. The fourth-order valence-corrected chi connectivity index (χ4v) is 1.78. The summed E-state index contributed by atoms with van der Waals surface area (Å²) in [6.07, 6.45) is 1.83. The molecule has 0 bridgehead atoms. The van der Waals surface area contributed by atoms with Gasteiger partial charge in [-0.25, -0.2) is 0 Å². The molecule has 0 aromatic heterocycles. The number of carbonyl (C=O) groups excluding carboxylic acids is 1. The second kappa shape index (κ2) is 7.67. The summed E-state index contributed by atoms with van der Waals surface area (Å²) in [6.45, 7) is 10.8. The maximum atomic E-state index is 11.7. The maximum absolute atomic E-state index is 11.7. The summed E-state index contributed by atoms with van der Waals surface area (Å²) in [4.78, 5) is 11.7. The quantitative estimate of drug-likeness (QED) is 0.683. The molecule has 102 valence electrons. The van der Waals surface area contributed by atoms with Gasteiger partial charge in [-0.05, 0) is 40.5 Å². The van der Waals surface area contributed by atoms with Crippen LogP contribution in [0.5, 0.6) is 0 Å². The van der Waals surface area contributed by atoms with Crippen LogP contribution in [0, 0.1) is 0 Å². The number of nitrogens with one attached hydrogen (secondary N) is 2. The van der Waals surface area contributed by atoms with E-state index in [0.29, 0.717) is 0 Å². The lowest BCUT2D eigenvalue weighted by Gasteiger charge is -2.28. The topological polar surface area (TPSA) is 50.4 Å². The van der Waals surface area contributed by atoms with E-state index in [2.05, 4.69) is 17.6 Å². The third-order valence-corrected chi connectivity index (χ3v) is 2.83. The van der Waals surface area contributed by atoms with Crippen molar-refractivity contribution in [3.05, 3.63) is 0 Å². The van der Waals surface area contributed by atoms with Gasteiger partial charge in [0.05, 0.1) is 11.6 Å². The summed E-state index contributed by atoms with van der Waals surface area (Å²) in [5, 5.41) is 6.17. The first-order valence-electron chi connectivity index (χ1n) is 6.41. The van der Waals surface area contributed by atoms with Crippen LogP contribution in [0.25, 0.3) is 0 Å². The highest BCUT2D eigenvalue weighted by Gasteiger charge is 2.22. The van der Waals surface area contributed by atoms with Gasteiger partial charge in [-0.3, -0.25) is 4.79 Å². The van der Waals surface area contributed by atoms with Gasteiger partial charge in [-0.1, -0.05) is 6.92 Å². The number of methoxy groups -OCH3 is 1. The molecule has 0 rings (SSSR count). The van der Waals surface area contributed by atoms with Crippen molar-refractivity contribution >= 4 is 5.91 Å². The number of carbonyl (C=O) groups is 1. The lowest BCUT2D eigenvalue weighted by molar-refractivity contribution is -0.123. The highest BCUT2D eigenvalue weighted by Crippen LogP contribution is 2.15. The van der Waals surface area contributed by atoms with Crippen molar-refractivity contribution in [2.24, 2.45) is 0 Å². The molecule has 0 heterocycles. The first kappa shape index (κ1) is 16.4. The average Bonchev–Trinajstić information content (AvgIpc) is 2.24. The van der Waals surface area contributed by atoms with E-state index in [9.17, 15) is 4.79 Å². The van der Waals surface area contributed by atoms with Crippen LogP contribution >= 0.6 is 0 Å². The molecule has 0 saturated carbocycles. The lowest BCUT2D eigenvalue weighted by Crippen LogP contribution is -2.47. The van der Waals surface area contributed by atoms with Gasteiger partial charge in [0.1, 0.15) is 0 Å². The Morgan fingerprint density at radius 3 is 2.41 bits per heavy atom. The number of hydrogen-bond acceptors (Lipinski definition) is 3. The Hall–Kier alpha value is -0.610. The van der Waals surface area contributed by atoms with Crippen molar-refractivity contribution in [1.82, 2.24) is 10.6 Å². The molecule has 17 heavy (non-hydrogen) atoms. The Balaban J connectivity index is 4.02. The van der Waals surface area contributed by atoms with Crippen molar-refractivity contribution in [3.8, 4) is 0 Å². The number of amides is 1. The lowest BCUT2D eigenvalue weighted by atomic mass is 9.99. The Labute approximate surface area is 105 Å². The van der Waals surface area contributed by atoms with E-state index in [1.807, 2.05) is 27.7 Å². The van der Waals surface area contributed by atoms with Gasteiger partial charge >= 0.3 is 0 Å². The van der Waals surface area contributed by atoms with Crippen molar-refractivity contribution in [1.29, 1.82) is 0 Å². The average molecular weight is 244 g/mol. The number of ether oxygens (including phenoxy) is 1. The van der Waals surface area contributed by atoms with E-state index >= 15 is 0 Å². The van der Waals surface area contributed by atoms with Crippen molar-refractivity contribution < 1.29 is 9.53 Å². The van der Waals surface area contributed by atoms with Crippen LogP contribution in [0.4, 0.5) is 0 Å². The molecule has 0 aromatic rings. The normalized spacial score (nSPS) is 15.4. The zero-order valence-electron chi connectivity index (χ0n) is 12.1. The van der Waals surface area contributed by atoms with E-state index in [-0.39, 0.29) is 23.6 Å². The second-order valence-corrected chi connectivity index (χ2v) is 5.25. The summed E-state index contributed by atoms with van der Waals surface area (Å²) in [5.41, 5.74) is -0.161. The molecule has 0 aliphatic heterocycles. The Morgan fingerprint density at radius 2 is 1.94 bits per heavy atom. The largest absolute Gasteiger partial charge is 0.379 e. The molecule has 1 amide bonds. The van der Waals surface area contributed by atoms with Gasteiger partial charge < -0.3 is 15.4 Å². The SMILES string of the molecule is CCCNC(=O)C(C)NC(C)CC(C)(C)OC. The van der Waals surface area contributed by atoms with E-state index in [0.717, 1.165) is 19.4 Å². The molecule has 0 aliphatic carbocycles. The third-order valence-electron chi connectivity index (χ3n) is 2.83. The minimum absolute atomic E-state index is 0.0638. The third kappa shape index (κ3) is 7.34. The van der Waals surface area contributed by atoms with Gasteiger partial charge in [0.25, 0.3) is 0 Å². The highest BCUT2D eigenvalue weighted by atomic mass is 16.5.